The van der Waals surface area contributed by atoms with Crippen LogP contribution in [0.4, 0.5) is 0 Å². The molecule has 3 aromatic rings. The first-order valence-corrected chi connectivity index (χ1v) is 10.9. The molecule has 7 nitrogen and oxygen atoms in total. The molecule has 0 spiro atoms. The molecule has 0 aliphatic carbocycles. The van der Waals surface area contributed by atoms with Crippen molar-refractivity contribution in [1.29, 1.82) is 0 Å². The Morgan fingerprint density at radius 1 is 0.971 bits per heavy atom. The van der Waals surface area contributed by atoms with Crippen molar-refractivity contribution in [3.8, 4) is 17.2 Å². The van der Waals surface area contributed by atoms with Crippen molar-refractivity contribution in [1.82, 2.24) is 4.90 Å². The fraction of sp³-hybridized carbons (Fsp3) is 0.185. The Morgan fingerprint density at radius 2 is 1.74 bits per heavy atom. The number of rotatable bonds is 5. The molecule has 172 valence electrons. The third kappa shape index (κ3) is 3.85. The maximum absolute atomic E-state index is 13.3. The third-order valence-corrected chi connectivity index (χ3v) is 5.96. The average molecular weight is 457 g/mol. The van der Waals surface area contributed by atoms with Crippen LogP contribution in [-0.2, 0) is 16.1 Å². The van der Waals surface area contributed by atoms with Gasteiger partial charge in [0.05, 0.1) is 18.7 Å². The lowest BCUT2D eigenvalue weighted by Crippen LogP contribution is -2.29. The number of nitrogens with zero attached hydrogens (tertiary/aromatic N) is 1. The van der Waals surface area contributed by atoms with E-state index in [4.69, 9.17) is 14.2 Å². The van der Waals surface area contributed by atoms with E-state index in [1.807, 2.05) is 36.4 Å². The summed E-state index contributed by atoms with van der Waals surface area (Å²) in [6.45, 7) is 1.05. The number of hydrogen-bond donors (Lipinski definition) is 1. The largest absolute Gasteiger partial charge is 0.507 e. The molecule has 7 heteroatoms. The molecule has 34 heavy (non-hydrogen) atoms. The van der Waals surface area contributed by atoms with Crippen molar-refractivity contribution in [3.63, 3.8) is 0 Å². The van der Waals surface area contributed by atoms with Gasteiger partial charge in [-0.1, -0.05) is 42.5 Å². The topological polar surface area (TPSA) is 85.3 Å². The summed E-state index contributed by atoms with van der Waals surface area (Å²) in [5, 5.41) is 11.3. The van der Waals surface area contributed by atoms with Gasteiger partial charge in [-0.25, -0.2) is 0 Å². The molecule has 3 aromatic carbocycles. The highest BCUT2D eigenvalue weighted by molar-refractivity contribution is 6.46. The number of amides is 1. The van der Waals surface area contributed by atoms with Crippen LogP contribution in [0.5, 0.6) is 17.2 Å². The van der Waals surface area contributed by atoms with Crippen molar-refractivity contribution in [2.24, 2.45) is 0 Å². The van der Waals surface area contributed by atoms with E-state index in [9.17, 15) is 14.7 Å². The molecule has 0 saturated carbocycles. The van der Waals surface area contributed by atoms with Gasteiger partial charge in [0.25, 0.3) is 11.7 Å². The number of carbonyl (C=O) groups is 2. The minimum Gasteiger partial charge on any atom is -0.507 e. The number of benzene rings is 3. The van der Waals surface area contributed by atoms with E-state index < -0.39 is 17.7 Å². The van der Waals surface area contributed by atoms with Crippen LogP contribution in [-0.4, -0.2) is 42.0 Å². The number of Topliss-reactive ketones (excluding diaryl/α,β-unsaturated/α-hetero) is 1. The van der Waals surface area contributed by atoms with Crippen LogP contribution in [0.3, 0.4) is 0 Å². The molecule has 1 fully saturated rings. The van der Waals surface area contributed by atoms with Crippen LogP contribution in [0, 0.1) is 0 Å². The summed E-state index contributed by atoms with van der Waals surface area (Å²) >= 11 is 0. The molecule has 2 aliphatic heterocycles. The molecule has 1 atom stereocenters. The predicted molar refractivity (Wildman–Crippen MR) is 125 cm³/mol. The van der Waals surface area contributed by atoms with E-state index in [1.165, 1.54) is 4.90 Å². The van der Waals surface area contributed by atoms with Crippen LogP contribution in [0.25, 0.3) is 5.76 Å². The van der Waals surface area contributed by atoms with Gasteiger partial charge in [0.2, 0.25) is 0 Å². The highest BCUT2D eigenvalue weighted by Crippen LogP contribution is 2.42. The molecule has 2 aliphatic rings. The van der Waals surface area contributed by atoms with Gasteiger partial charge in [-0.15, -0.1) is 0 Å². The van der Waals surface area contributed by atoms with Crippen LogP contribution < -0.4 is 14.2 Å². The zero-order chi connectivity index (χ0) is 23.7. The Kier molecular flexibility index (Phi) is 5.67. The second-order valence-electron chi connectivity index (χ2n) is 8.05. The first-order valence-electron chi connectivity index (χ1n) is 10.9. The SMILES string of the molecule is COc1cccc([C@@H]2C(=C(O)c3ccc4c(c3)OCCO4)C(=O)C(=O)N2Cc2ccccc2)c1. The standard InChI is InChI=1S/C27H23NO6/c1-32-20-9-5-8-18(14-20)24-23(25(29)19-10-11-21-22(15-19)34-13-12-33-21)26(30)27(31)28(24)16-17-6-3-2-4-7-17/h2-11,14-15,24,29H,12-13,16H2,1H3/t24-/m1/s1. The molecule has 0 radical (unpaired) electrons. The van der Waals surface area contributed by atoms with Gasteiger partial charge < -0.3 is 24.2 Å². The quantitative estimate of drug-likeness (QED) is 0.353. The van der Waals surface area contributed by atoms with Crippen molar-refractivity contribution in [2.75, 3.05) is 20.3 Å². The minimum atomic E-state index is -0.788. The fourth-order valence-corrected chi connectivity index (χ4v) is 4.33. The van der Waals surface area contributed by atoms with Gasteiger partial charge in [-0.05, 0) is 41.5 Å². The number of aliphatic hydroxyl groups excluding tert-OH is 1. The van der Waals surface area contributed by atoms with E-state index >= 15 is 0 Å². The van der Waals surface area contributed by atoms with Crippen LogP contribution in [0.1, 0.15) is 22.7 Å². The summed E-state index contributed by atoms with van der Waals surface area (Å²) in [5.41, 5.74) is 1.92. The van der Waals surface area contributed by atoms with Crippen molar-refractivity contribution < 1.29 is 28.9 Å². The maximum Gasteiger partial charge on any atom is 0.295 e. The molecular weight excluding hydrogens is 434 g/mol. The molecule has 1 N–H and O–H groups in total. The van der Waals surface area contributed by atoms with Gasteiger partial charge in [-0.3, -0.25) is 9.59 Å². The molecule has 0 bridgehead atoms. The zero-order valence-electron chi connectivity index (χ0n) is 18.6. The number of ether oxygens (including phenoxy) is 3. The van der Waals surface area contributed by atoms with Gasteiger partial charge in [0.1, 0.15) is 24.7 Å². The lowest BCUT2D eigenvalue weighted by Gasteiger charge is -2.26. The van der Waals surface area contributed by atoms with Gasteiger partial charge >= 0.3 is 0 Å². The molecular formula is C27H23NO6. The summed E-state index contributed by atoms with van der Waals surface area (Å²) in [4.78, 5) is 27.9. The Morgan fingerprint density at radius 3 is 2.50 bits per heavy atom. The van der Waals surface area contributed by atoms with Gasteiger partial charge in [0.15, 0.2) is 11.5 Å². The number of ketones is 1. The van der Waals surface area contributed by atoms with E-state index in [2.05, 4.69) is 0 Å². The molecule has 0 aromatic heterocycles. The van der Waals surface area contributed by atoms with Crippen molar-refractivity contribution >= 4 is 17.4 Å². The number of fused-ring (bicyclic) bond motifs is 1. The second-order valence-corrected chi connectivity index (χ2v) is 8.05. The van der Waals surface area contributed by atoms with E-state index in [-0.39, 0.29) is 17.9 Å². The molecule has 1 amide bonds. The Balaban J connectivity index is 1.64. The van der Waals surface area contributed by atoms with Crippen molar-refractivity contribution in [2.45, 2.75) is 12.6 Å². The summed E-state index contributed by atoms with van der Waals surface area (Å²) < 4.78 is 16.6. The van der Waals surface area contributed by atoms with E-state index in [0.717, 1.165) is 5.56 Å². The third-order valence-electron chi connectivity index (χ3n) is 5.96. The summed E-state index contributed by atoms with van der Waals surface area (Å²) in [7, 11) is 1.55. The van der Waals surface area contributed by atoms with Gasteiger partial charge in [-0.2, -0.15) is 0 Å². The summed E-state index contributed by atoms with van der Waals surface area (Å²) in [6, 6.07) is 20.8. The molecule has 2 heterocycles. The molecule has 0 unspecified atom stereocenters. The predicted octanol–water partition coefficient (Wildman–Crippen LogP) is 4.09. The Bertz CT molecular complexity index is 1280. The lowest BCUT2D eigenvalue weighted by atomic mass is 9.95. The monoisotopic (exact) mass is 457 g/mol. The first-order chi connectivity index (χ1) is 16.6. The summed E-state index contributed by atoms with van der Waals surface area (Å²) in [5.74, 6) is -0.0452. The number of likely N-dealkylation sites (tertiary alicyclic amines) is 1. The number of methoxy groups -OCH3 is 1. The number of carbonyl (C=O) groups excluding carboxylic acids is 2. The average Bonchev–Trinajstić information content (AvgIpc) is 3.13. The summed E-state index contributed by atoms with van der Waals surface area (Å²) in [6.07, 6.45) is 0. The van der Waals surface area contributed by atoms with E-state index in [0.29, 0.717) is 41.6 Å². The zero-order valence-corrected chi connectivity index (χ0v) is 18.6. The Labute approximate surface area is 196 Å². The smallest absolute Gasteiger partial charge is 0.295 e. The molecule has 1 saturated heterocycles. The van der Waals surface area contributed by atoms with Crippen LogP contribution >= 0.6 is 0 Å². The Hall–Kier alpha value is -4.26. The lowest BCUT2D eigenvalue weighted by molar-refractivity contribution is -0.140. The highest BCUT2D eigenvalue weighted by Gasteiger charge is 2.46. The van der Waals surface area contributed by atoms with Crippen LogP contribution in [0.2, 0.25) is 0 Å². The van der Waals surface area contributed by atoms with E-state index in [1.54, 1.807) is 43.5 Å². The number of hydrogen-bond acceptors (Lipinski definition) is 6. The number of aliphatic hydroxyl groups is 1. The second kappa shape index (κ2) is 8.94. The first kappa shape index (κ1) is 21.6. The minimum absolute atomic E-state index is 0.0193. The maximum atomic E-state index is 13.3. The van der Waals surface area contributed by atoms with Crippen LogP contribution in [0.15, 0.2) is 78.4 Å². The normalized spacial score (nSPS) is 18.7. The van der Waals surface area contributed by atoms with Gasteiger partial charge in [0, 0.05) is 12.1 Å². The molecule has 5 rings (SSSR count). The van der Waals surface area contributed by atoms with Crippen molar-refractivity contribution in [3.05, 3.63) is 95.1 Å². The highest BCUT2D eigenvalue weighted by atomic mass is 16.6. The fourth-order valence-electron chi connectivity index (χ4n) is 4.33.